The molecule has 2 N–H and O–H groups in total. The van der Waals surface area contributed by atoms with Gasteiger partial charge in [0.05, 0.1) is 0 Å². The van der Waals surface area contributed by atoms with Crippen molar-refractivity contribution in [3.05, 3.63) is 22.8 Å². The minimum absolute atomic E-state index is 0.226. The van der Waals surface area contributed by atoms with Gasteiger partial charge in [0.15, 0.2) is 0 Å². The van der Waals surface area contributed by atoms with E-state index in [9.17, 15) is 10.2 Å². The van der Waals surface area contributed by atoms with E-state index in [-0.39, 0.29) is 5.41 Å². The Morgan fingerprint density at radius 2 is 2.13 bits per heavy atom. The van der Waals surface area contributed by atoms with E-state index >= 15 is 0 Å². The molecule has 0 aromatic rings. The number of rotatable bonds is 0. The highest BCUT2D eigenvalue weighted by atomic mass is 35.5. The highest BCUT2D eigenvalue weighted by molar-refractivity contribution is 6.26. The molecule has 1 spiro atoms. The van der Waals surface area contributed by atoms with Crippen LogP contribution in [0, 0.1) is 5.41 Å². The van der Waals surface area contributed by atoms with Crippen molar-refractivity contribution in [2.75, 3.05) is 0 Å². The smallest absolute Gasteiger partial charge is 0.109 e. The summed E-state index contributed by atoms with van der Waals surface area (Å²) >= 11 is 5.64. The summed E-state index contributed by atoms with van der Waals surface area (Å²) in [6.07, 6.45) is 4.06. The Labute approximate surface area is 95.3 Å². The zero-order chi connectivity index (χ0) is 11.3. The van der Waals surface area contributed by atoms with E-state index in [1.165, 1.54) is 5.54 Å². The molecule has 3 heteroatoms. The molecule has 0 bridgehead atoms. The van der Waals surface area contributed by atoms with Gasteiger partial charge < -0.3 is 10.2 Å². The van der Waals surface area contributed by atoms with E-state index in [2.05, 4.69) is 0 Å². The van der Waals surface area contributed by atoms with Crippen molar-refractivity contribution < 1.29 is 10.2 Å². The van der Waals surface area contributed by atoms with Crippen molar-refractivity contribution in [3.63, 3.8) is 0 Å². The molecule has 1 saturated carbocycles. The lowest BCUT2D eigenvalue weighted by atomic mass is 9.51. The molecule has 2 rings (SSSR count). The summed E-state index contributed by atoms with van der Waals surface area (Å²) in [5.41, 5.74) is 1.78. The summed E-state index contributed by atoms with van der Waals surface area (Å²) in [4.78, 5) is 0. The Hall–Kier alpha value is -0.310. The van der Waals surface area contributed by atoms with Crippen LogP contribution in [-0.4, -0.2) is 21.9 Å². The minimum atomic E-state index is -1.09. The summed E-state index contributed by atoms with van der Waals surface area (Å²) in [5, 5.41) is 20.6. The molecule has 0 radical (unpaired) electrons. The second kappa shape index (κ2) is 3.34. The molecule has 2 unspecified atom stereocenters. The van der Waals surface area contributed by atoms with Gasteiger partial charge in [-0.1, -0.05) is 29.7 Å². The molecule has 0 heterocycles. The summed E-state index contributed by atoms with van der Waals surface area (Å²) < 4.78 is 0. The molecule has 0 amide bonds. The molecule has 2 aliphatic carbocycles. The molecule has 0 saturated heterocycles. The standard InChI is InChI=1S/C12H17ClO2/c1-8-6-9(7-13)10(14)11(2,15)12(8)4-3-5-12/h6-7,10,14-15H,3-5H2,1-2H3/b9-7+. The lowest BCUT2D eigenvalue weighted by Gasteiger charge is -2.57. The fourth-order valence-electron chi connectivity index (χ4n) is 2.97. The Bertz CT molecular complexity index is 338. The summed E-state index contributed by atoms with van der Waals surface area (Å²) in [7, 11) is 0. The van der Waals surface area contributed by atoms with Gasteiger partial charge in [-0.2, -0.15) is 0 Å². The van der Waals surface area contributed by atoms with Crippen LogP contribution in [0.1, 0.15) is 33.1 Å². The van der Waals surface area contributed by atoms with Crippen molar-refractivity contribution in [3.8, 4) is 0 Å². The molecule has 2 atom stereocenters. The van der Waals surface area contributed by atoms with Gasteiger partial charge in [-0.15, -0.1) is 0 Å². The maximum absolute atomic E-state index is 10.5. The van der Waals surface area contributed by atoms with Gasteiger partial charge in [0.2, 0.25) is 0 Å². The van der Waals surface area contributed by atoms with Gasteiger partial charge in [0.25, 0.3) is 0 Å². The van der Waals surface area contributed by atoms with Crippen LogP contribution in [0.3, 0.4) is 0 Å². The summed E-state index contributed by atoms with van der Waals surface area (Å²) in [6.45, 7) is 3.73. The zero-order valence-electron chi connectivity index (χ0n) is 9.13. The van der Waals surface area contributed by atoms with Crippen LogP contribution in [0.15, 0.2) is 22.8 Å². The third-order valence-corrected chi connectivity index (χ3v) is 4.54. The lowest BCUT2D eigenvalue weighted by molar-refractivity contribution is -0.152. The third kappa shape index (κ3) is 1.25. The normalized spacial score (nSPS) is 41.5. The Kier molecular flexibility index (Phi) is 2.49. The van der Waals surface area contributed by atoms with E-state index in [1.54, 1.807) is 6.92 Å². The Morgan fingerprint density at radius 1 is 1.53 bits per heavy atom. The average Bonchev–Trinajstić information content (AvgIpc) is 2.08. The number of aliphatic hydroxyl groups excluding tert-OH is 1. The van der Waals surface area contributed by atoms with Crippen molar-refractivity contribution in [2.24, 2.45) is 5.41 Å². The fraction of sp³-hybridized carbons (Fsp3) is 0.667. The van der Waals surface area contributed by atoms with Gasteiger partial charge in [0.1, 0.15) is 11.7 Å². The number of hydrogen-bond acceptors (Lipinski definition) is 2. The van der Waals surface area contributed by atoms with E-state index in [4.69, 9.17) is 11.6 Å². The van der Waals surface area contributed by atoms with Gasteiger partial charge in [0, 0.05) is 11.0 Å². The molecule has 15 heavy (non-hydrogen) atoms. The number of hydrogen-bond donors (Lipinski definition) is 2. The molecule has 84 valence electrons. The molecule has 2 nitrogen and oxygen atoms in total. The Balaban J connectivity index is 2.51. The first-order chi connectivity index (χ1) is 6.95. The van der Waals surface area contributed by atoms with Crippen LogP contribution < -0.4 is 0 Å². The minimum Gasteiger partial charge on any atom is -0.386 e. The maximum atomic E-state index is 10.5. The molecular formula is C12H17ClO2. The zero-order valence-corrected chi connectivity index (χ0v) is 9.88. The summed E-state index contributed by atoms with van der Waals surface area (Å²) in [5.74, 6) is 0. The van der Waals surface area contributed by atoms with E-state index in [0.29, 0.717) is 5.57 Å². The van der Waals surface area contributed by atoms with E-state index < -0.39 is 11.7 Å². The van der Waals surface area contributed by atoms with Gasteiger partial charge >= 0.3 is 0 Å². The van der Waals surface area contributed by atoms with Crippen molar-refractivity contribution in [1.29, 1.82) is 0 Å². The quantitative estimate of drug-likeness (QED) is 0.668. The average molecular weight is 229 g/mol. The first kappa shape index (κ1) is 11.2. The molecule has 1 fully saturated rings. The number of halogens is 1. The van der Waals surface area contributed by atoms with E-state index in [1.807, 2.05) is 13.0 Å². The van der Waals surface area contributed by atoms with Crippen LogP contribution in [0.2, 0.25) is 0 Å². The van der Waals surface area contributed by atoms with Gasteiger partial charge in [-0.05, 0) is 32.3 Å². The van der Waals surface area contributed by atoms with Crippen LogP contribution in [0.4, 0.5) is 0 Å². The largest absolute Gasteiger partial charge is 0.386 e. The van der Waals surface area contributed by atoms with E-state index in [0.717, 1.165) is 24.8 Å². The number of aliphatic hydroxyl groups is 2. The first-order valence-electron chi connectivity index (χ1n) is 5.35. The second-order valence-electron chi connectivity index (χ2n) is 4.92. The van der Waals surface area contributed by atoms with Crippen molar-refractivity contribution in [2.45, 2.75) is 44.8 Å². The highest BCUT2D eigenvalue weighted by Gasteiger charge is 2.58. The second-order valence-corrected chi connectivity index (χ2v) is 5.14. The molecule has 0 aromatic heterocycles. The molecule has 0 aromatic carbocycles. The van der Waals surface area contributed by atoms with Crippen LogP contribution in [0.5, 0.6) is 0 Å². The maximum Gasteiger partial charge on any atom is 0.109 e. The van der Waals surface area contributed by atoms with Crippen LogP contribution >= 0.6 is 11.6 Å². The van der Waals surface area contributed by atoms with Crippen molar-refractivity contribution in [1.82, 2.24) is 0 Å². The van der Waals surface area contributed by atoms with Crippen LogP contribution in [-0.2, 0) is 0 Å². The van der Waals surface area contributed by atoms with Crippen molar-refractivity contribution >= 4 is 11.6 Å². The topological polar surface area (TPSA) is 40.5 Å². The highest BCUT2D eigenvalue weighted by Crippen LogP contribution is 2.58. The van der Waals surface area contributed by atoms with Crippen LogP contribution in [0.25, 0.3) is 0 Å². The Morgan fingerprint density at radius 3 is 2.53 bits per heavy atom. The third-order valence-electron chi connectivity index (χ3n) is 4.29. The van der Waals surface area contributed by atoms with Gasteiger partial charge in [-0.25, -0.2) is 0 Å². The SMILES string of the molecule is CC1=C/C(=C\Cl)C(O)C(C)(O)C12CCC2. The first-order valence-corrected chi connectivity index (χ1v) is 5.79. The predicted octanol–water partition coefficient (Wildman–Crippen LogP) is 2.35. The monoisotopic (exact) mass is 228 g/mol. The molecule has 2 aliphatic rings. The molecule has 0 aliphatic heterocycles. The lowest BCUT2D eigenvalue weighted by Crippen LogP contribution is -2.60. The predicted molar refractivity (Wildman–Crippen MR) is 60.6 cm³/mol. The molecular weight excluding hydrogens is 212 g/mol. The van der Waals surface area contributed by atoms with Gasteiger partial charge in [-0.3, -0.25) is 0 Å². The summed E-state index contributed by atoms with van der Waals surface area (Å²) in [6, 6.07) is 0. The fourth-order valence-corrected chi connectivity index (χ4v) is 3.16.